The van der Waals surface area contributed by atoms with Crippen LogP contribution in [0.4, 0.5) is 0 Å². The molecule has 15 heavy (non-hydrogen) atoms. The second kappa shape index (κ2) is 5.61. The van der Waals surface area contributed by atoms with Gasteiger partial charge in [-0.05, 0) is 24.6 Å². The van der Waals surface area contributed by atoms with Crippen LogP contribution in [-0.4, -0.2) is 19.7 Å². The van der Waals surface area contributed by atoms with Gasteiger partial charge in [-0.2, -0.15) is 0 Å². The van der Waals surface area contributed by atoms with Crippen LogP contribution < -0.4 is 4.74 Å². The smallest absolute Gasteiger partial charge is 0.328 e. The van der Waals surface area contributed by atoms with E-state index in [-0.39, 0.29) is 0 Å². The summed E-state index contributed by atoms with van der Waals surface area (Å²) in [5, 5.41) is -0.778. The third kappa shape index (κ3) is 3.13. The van der Waals surface area contributed by atoms with Crippen molar-refractivity contribution in [2.24, 2.45) is 0 Å². The van der Waals surface area contributed by atoms with Gasteiger partial charge in [0, 0.05) is 0 Å². The average Bonchev–Trinajstić information content (AvgIpc) is 2.28. The molecule has 1 rings (SSSR count). The molecule has 0 heterocycles. The summed E-state index contributed by atoms with van der Waals surface area (Å²) in [6.45, 7) is 2.07. The first-order chi connectivity index (χ1) is 7.19. The number of carbonyl (C=O) groups is 1. The van der Waals surface area contributed by atoms with Gasteiger partial charge in [-0.3, -0.25) is 4.79 Å². The molecule has 4 heteroatoms. The highest BCUT2D eigenvalue weighted by molar-refractivity contribution is 6.29. The van der Waals surface area contributed by atoms with Crippen molar-refractivity contribution in [1.82, 2.24) is 0 Å². The molecular weight excluding hydrogens is 216 g/mol. The maximum absolute atomic E-state index is 11.3. The second-order valence-electron chi connectivity index (χ2n) is 2.89. The van der Waals surface area contributed by atoms with Gasteiger partial charge in [-0.1, -0.05) is 12.1 Å². The predicted octanol–water partition coefficient (Wildman–Crippen LogP) is 2.54. The topological polar surface area (TPSA) is 35.5 Å². The molecule has 0 aliphatic carbocycles. The van der Waals surface area contributed by atoms with E-state index in [1.165, 1.54) is 0 Å². The van der Waals surface area contributed by atoms with Gasteiger partial charge in [0.1, 0.15) is 5.75 Å². The van der Waals surface area contributed by atoms with Crippen molar-refractivity contribution < 1.29 is 14.3 Å². The van der Waals surface area contributed by atoms with Gasteiger partial charge in [0.25, 0.3) is 0 Å². The van der Waals surface area contributed by atoms with Crippen LogP contribution in [0.25, 0.3) is 0 Å². The Balaban J connectivity index is 2.81. The molecule has 1 aromatic rings. The van der Waals surface area contributed by atoms with E-state index in [0.717, 1.165) is 0 Å². The molecule has 0 aromatic heterocycles. The lowest BCUT2D eigenvalue weighted by molar-refractivity contribution is -0.142. The van der Waals surface area contributed by atoms with Gasteiger partial charge in [-0.15, -0.1) is 11.6 Å². The van der Waals surface area contributed by atoms with Crippen LogP contribution in [0.3, 0.4) is 0 Å². The molecular formula is C11H13ClO3. The van der Waals surface area contributed by atoms with Crippen LogP contribution in [0.15, 0.2) is 24.3 Å². The van der Waals surface area contributed by atoms with Crippen molar-refractivity contribution in [1.29, 1.82) is 0 Å². The number of methoxy groups -OCH3 is 1. The van der Waals surface area contributed by atoms with E-state index >= 15 is 0 Å². The molecule has 1 unspecified atom stereocenters. The van der Waals surface area contributed by atoms with Crippen molar-refractivity contribution in [2.75, 3.05) is 13.7 Å². The summed E-state index contributed by atoms with van der Waals surface area (Å²) in [6.07, 6.45) is 0. The zero-order valence-corrected chi connectivity index (χ0v) is 9.45. The van der Waals surface area contributed by atoms with Crippen LogP contribution in [0.2, 0.25) is 0 Å². The summed E-state index contributed by atoms with van der Waals surface area (Å²) in [4.78, 5) is 11.3. The Kier molecular flexibility index (Phi) is 4.43. The molecule has 3 nitrogen and oxygen atoms in total. The van der Waals surface area contributed by atoms with E-state index in [1.54, 1.807) is 38.3 Å². The number of hydrogen-bond donors (Lipinski definition) is 0. The number of hydrogen-bond acceptors (Lipinski definition) is 3. The highest BCUT2D eigenvalue weighted by atomic mass is 35.5. The standard InChI is InChI=1S/C11H13ClO3/c1-3-15-11(13)10(12)8-5-4-6-9(7-8)14-2/h4-7,10H,3H2,1-2H3. The largest absolute Gasteiger partial charge is 0.497 e. The lowest BCUT2D eigenvalue weighted by Crippen LogP contribution is -2.11. The van der Waals surface area contributed by atoms with Gasteiger partial charge < -0.3 is 9.47 Å². The summed E-state index contributed by atoms with van der Waals surface area (Å²) < 4.78 is 9.85. The Bertz CT molecular complexity index is 338. The molecule has 0 radical (unpaired) electrons. The third-order valence-electron chi connectivity index (χ3n) is 1.88. The highest BCUT2D eigenvalue weighted by Crippen LogP contribution is 2.25. The zero-order valence-electron chi connectivity index (χ0n) is 8.70. The molecule has 1 aromatic carbocycles. The number of rotatable bonds is 4. The van der Waals surface area contributed by atoms with Crippen LogP contribution in [0.5, 0.6) is 5.75 Å². The molecule has 0 N–H and O–H groups in total. The van der Waals surface area contributed by atoms with Crippen molar-refractivity contribution in [2.45, 2.75) is 12.3 Å². The molecule has 0 aliphatic heterocycles. The van der Waals surface area contributed by atoms with Crippen molar-refractivity contribution in [3.05, 3.63) is 29.8 Å². The fourth-order valence-corrected chi connectivity index (χ4v) is 1.35. The monoisotopic (exact) mass is 228 g/mol. The molecule has 0 bridgehead atoms. The molecule has 0 spiro atoms. The minimum atomic E-state index is -0.778. The number of alkyl halides is 1. The number of halogens is 1. The first kappa shape index (κ1) is 11.9. The van der Waals surface area contributed by atoms with E-state index in [9.17, 15) is 4.79 Å². The number of ether oxygens (including phenoxy) is 2. The Hall–Kier alpha value is -1.22. The quantitative estimate of drug-likeness (QED) is 0.587. The second-order valence-corrected chi connectivity index (χ2v) is 3.33. The zero-order chi connectivity index (χ0) is 11.3. The minimum absolute atomic E-state index is 0.325. The summed E-state index contributed by atoms with van der Waals surface area (Å²) >= 11 is 5.93. The van der Waals surface area contributed by atoms with Crippen LogP contribution in [0, 0.1) is 0 Å². The van der Waals surface area contributed by atoms with E-state index in [1.807, 2.05) is 0 Å². The lowest BCUT2D eigenvalue weighted by atomic mass is 10.1. The first-order valence-corrected chi connectivity index (χ1v) is 5.07. The Labute approximate surface area is 93.9 Å². The normalized spacial score (nSPS) is 11.9. The SMILES string of the molecule is CCOC(=O)C(Cl)c1cccc(OC)c1. The molecule has 0 aliphatic rings. The van der Waals surface area contributed by atoms with E-state index in [0.29, 0.717) is 17.9 Å². The molecule has 0 saturated carbocycles. The molecule has 82 valence electrons. The van der Waals surface area contributed by atoms with Crippen LogP contribution in [-0.2, 0) is 9.53 Å². The first-order valence-electron chi connectivity index (χ1n) is 4.63. The summed E-state index contributed by atoms with van der Waals surface area (Å²) in [7, 11) is 1.56. The third-order valence-corrected chi connectivity index (χ3v) is 2.31. The van der Waals surface area contributed by atoms with Gasteiger partial charge in [0.15, 0.2) is 5.38 Å². The molecule has 1 atom stereocenters. The minimum Gasteiger partial charge on any atom is -0.497 e. The Morgan fingerprint density at radius 2 is 2.27 bits per heavy atom. The summed E-state index contributed by atoms with van der Waals surface area (Å²) in [6, 6.07) is 7.05. The number of benzene rings is 1. The number of carbonyl (C=O) groups excluding carboxylic acids is 1. The van der Waals surface area contributed by atoms with Crippen molar-refractivity contribution in [3.8, 4) is 5.75 Å². The molecule has 0 saturated heterocycles. The fourth-order valence-electron chi connectivity index (χ4n) is 1.15. The molecule has 0 fully saturated rings. The fraction of sp³-hybridized carbons (Fsp3) is 0.364. The van der Waals surface area contributed by atoms with Gasteiger partial charge in [0.05, 0.1) is 13.7 Å². The lowest BCUT2D eigenvalue weighted by Gasteiger charge is -2.09. The van der Waals surface area contributed by atoms with E-state index in [2.05, 4.69) is 0 Å². The summed E-state index contributed by atoms with van der Waals surface area (Å²) in [5.41, 5.74) is 0.675. The van der Waals surface area contributed by atoms with Gasteiger partial charge in [-0.25, -0.2) is 0 Å². The van der Waals surface area contributed by atoms with Crippen LogP contribution in [0.1, 0.15) is 17.9 Å². The predicted molar refractivity (Wildman–Crippen MR) is 58.2 cm³/mol. The Morgan fingerprint density at radius 3 is 2.87 bits per heavy atom. The average molecular weight is 229 g/mol. The summed E-state index contributed by atoms with van der Waals surface area (Å²) in [5.74, 6) is 0.231. The van der Waals surface area contributed by atoms with E-state index < -0.39 is 11.3 Å². The Morgan fingerprint density at radius 1 is 1.53 bits per heavy atom. The molecule has 0 amide bonds. The van der Waals surface area contributed by atoms with Crippen molar-refractivity contribution >= 4 is 17.6 Å². The van der Waals surface area contributed by atoms with Gasteiger partial charge >= 0.3 is 5.97 Å². The van der Waals surface area contributed by atoms with Gasteiger partial charge in [0.2, 0.25) is 0 Å². The number of esters is 1. The highest BCUT2D eigenvalue weighted by Gasteiger charge is 2.18. The maximum atomic E-state index is 11.3. The maximum Gasteiger partial charge on any atom is 0.328 e. The van der Waals surface area contributed by atoms with Crippen molar-refractivity contribution in [3.63, 3.8) is 0 Å². The van der Waals surface area contributed by atoms with Crippen LogP contribution >= 0.6 is 11.6 Å². The van der Waals surface area contributed by atoms with E-state index in [4.69, 9.17) is 21.1 Å².